The number of halogens is 1. The van der Waals surface area contributed by atoms with Gasteiger partial charge in [0, 0.05) is 34.9 Å². The molecule has 1 aromatic carbocycles. The van der Waals surface area contributed by atoms with Crippen molar-refractivity contribution in [3.8, 4) is 0 Å². The number of hydrogen-bond acceptors (Lipinski definition) is 4. The van der Waals surface area contributed by atoms with Gasteiger partial charge in [-0.15, -0.1) is 0 Å². The second-order valence-corrected chi connectivity index (χ2v) is 9.14. The fourth-order valence-electron chi connectivity index (χ4n) is 3.69. The fourth-order valence-corrected chi connectivity index (χ4v) is 4.04. The molecule has 1 saturated heterocycles. The Morgan fingerprint density at radius 3 is 2.64 bits per heavy atom. The highest BCUT2D eigenvalue weighted by atomic mass is 79.9. The number of H-pyrrole nitrogens is 1. The maximum Gasteiger partial charge on any atom is 0.410 e. The second-order valence-electron chi connectivity index (χ2n) is 8.22. The van der Waals surface area contributed by atoms with Crippen LogP contribution in [0.1, 0.15) is 45.2 Å². The van der Waals surface area contributed by atoms with Crippen LogP contribution >= 0.6 is 15.9 Å². The number of hydrogen-bond donors (Lipinski definition) is 1. The normalized spacial score (nSPS) is 16.1. The lowest BCUT2D eigenvalue weighted by atomic mass is 9.93. The molecule has 3 aromatic rings. The minimum absolute atomic E-state index is 0.137. The van der Waals surface area contributed by atoms with Gasteiger partial charge in [0.1, 0.15) is 11.2 Å². The number of ether oxygens (including phenoxy) is 1. The Hall–Kier alpha value is -2.35. The van der Waals surface area contributed by atoms with Gasteiger partial charge >= 0.3 is 6.09 Å². The molecule has 0 bridgehead atoms. The molecule has 0 unspecified atom stereocenters. The van der Waals surface area contributed by atoms with Crippen LogP contribution in [-0.4, -0.2) is 44.3 Å². The van der Waals surface area contributed by atoms with Gasteiger partial charge in [-0.25, -0.2) is 9.31 Å². The van der Waals surface area contributed by atoms with Gasteiger partial charge in [-0.05, 0) is 51.8 Å². The molecule has 0 spiro atoms. The van der Waals surface area contributed by atoms with Gasteiger partial charge in [-0.1, -0.05) is 15.9 Å². The third-order valence-electron chi connectivity index (χ3n) is 4.96. The molecule has 28 heavy (non-hydrogen) atoms. The third kappa shape index (κ3) is 3.65. The zero-order valence-corrected chi connectivity index (χ0v) is 17.7. The lowest BCUT2D eigenvalue weighted by Crippen LogP contribution is -2.41. The summed E-state index contributed by atoms with van der Waals surface area (Å²) in [6.45, 7) is 6.79. The molecule has 4 rings (SSSR count). The monoisotopic (exact) mass is 446 g/mol. The Morgan fingerprint density at radius 2 is 1.96 bits per heavy atom. The zero-order chi connectivity index (χ0) is 20.1. The molecule has 7 nitrogen and oxygen atoms in total. The van der Waals surface area contributed by atoms with E-state index in [0.29, 0.717) is 18.7 Å². The number of carbonyl (C=O) groups is 1. The maximum atomic E-state index is 12.3. The topological polar surface area (TPSA) is 79.7 Å². The van der Waals surface area contributed by atoms with E-state index in [1.54, 1.807) is 11.0 Å². The average Bonchev–Trinajstić information content (AvgIpc) is 2.97. The van der Waals surface area contributed by atoms with Gasteiger partial charge in [-0.2, -0.15) is 5.10 Å². The summed E-state index contributed by atoms with van der Waals surface area (Å²) < 4.78 is 8.25. The molecule has 1 fully saturated rings. The first kappa shape index (κ1) is 19.0. The number of aromatic nitrogens is 3. The lowest BCUT2D eigenvalue weighted by Gasteiger charge is -2.33. The standard InChI is InChI=1S/C20H23BrN4O3/c1-20(2,3)28-19(27)24-8-6-12(7-9-24)16-11-17(26)22-18-14-5-4-13(21)10-15(14)23-25(16)18/h4-5,10-12H,6-9H2,1-3H3,(H,22,26). The second kappa shape index (κ2) is 6.92. The highest BCUT2D eigenvalue weighted by Gasteiger charge is 2.29. The lowest BCUT2D eigenvalue weighted by molar-refractivity contribution is 0.0203. The highest BCUT2D eigenvalue weighted by Crippen LogP contribution is 2.30. The summed E-state index contributed by atoms with van der Waals surface area (Å²) >= 11 is 3.47. The SMILES string of the molecule is CC(C)(C)OC(=O)N1CCC(c2cc(=O)[nH]c3c4ccc(Br)cc4nn23)CC1. The minimum Gasteiger partial charge on any atom is -0.444 e. The molecule has 3 heterocycles. The van der Waals surface area contributed by atoms with Crippen molar-refractivity contribution in [1.82, 2.24) is 19.5 Å². The van der Waals surface area contributed by atoms with Crippen LogP contribution in [0, 0.1) is 0 Å². The zero-order valence-electron chi connectivity index (χ0n) is 16.2. The molecule has 1 aliphatic heterocycles. The first-order valence-electron chi connectivity index (χ1n) is 9.40. The number of benzene rings is 1. The van der Waals surface area contributed by atoms with Crippen molar-refractivity contribution in [1.29, 1.82) is 0 Å². The first-order valence-corrected chi connectivity index (χ1v) is 10.2. The Morgan fingerprint density at radius 1 is 1.25 bits per heavy atom. The number of fused-ring (bicyclic) bond motifs is 3. The summed E-state index contributed by atoms with van der Waals surface area (Å²) in [5.74, 6) is 0.154. The van der Waals surface area contributed by atoms with Gasteiger partial charge in [0.2, 0.25) is 0 Å². The summed E-state index contributed by atoms with van der Waals surface area (Å²) in [6, 6.07) is 7.46. The van der Waals surface area contributed by atoms with Crippen LogP contribution in [0.3, 0.4) is 0 Å². The third-order valence-corrected chi connectivity index (χ3v) is 5.46. The molecule has 0 saturated carbocycles. The number of amides is 1. The van der Waals surface area contributed by atoms with Gasteiger partial charge in [0.25, 0.3) is 5.56 Å². The molecule has 1 N–H and O–H groups in total. The Balaban J connectivity index is 1.63. The Kier molecular flexibility index (Phi) is 4.69. The molecular formula is C20H23BrN4O3. The summed E-state index contributed by atoms with van der Waals surface area (Å²) in [5.41, 5.74) is 1.77. The van der Waals surface area contributed by atoms with Crippen molar-refractivity contribution in [3.63, 3.8) is 0 Å². The molecule has 0 atom stereocenters. The minimum atomic E-state index is -0.504. The van der Waals surface area contributed by atoms with E-state index >= 15 is 0 Å². The van der Waals surface area contributed by atoms with E-state index < -0.39 is 5.60 Å². The van der Waals surface area contributed by atoms with E-state index in [0.717, 1.165) is 33.9 Å². The van der Waals surface area contributed by atoms with Crippen LogP contribution in [0.4, 0.5) is 4.79 Å². The molecular weight excluding hydrogens is 424 g/mol. The van der Waals surface area contributed by atoms with Gasteiger partial charge in [0.15, 0.2) is 0 Å². The van der Waals surface area contributed by atoms with Crippen molar-refractivity contribution in [2.24, 2.45) is 0 Å². The van der Waals surface area contributed by atoms with Crippen molar-refractivity contribution < 1.29 is 9.53 Å². The van der Waals surface area contributed by atoms with Crippen LogP contribution in [0.5, 0.6) is 0 Å². The number of carbonyl (C=O) groups excluding carboxylic acids is 1. The number of likely N-dealkylation sites (tertiary alicyclic amines) is 1. The van der Waals surface area contributed by atoms with Crippen LogP contribution in [0.25, 0.3) is 16.6 Å². The van der Waals surface area contributed by atoms with Crippen LogP contribution < -0.4 is 5.56 Å². The van der Waals surface area contributed by atoms with Gasteiger partial charge in [-0.3, -0.25) is 4.79 Å². The Labute approximate surface area is 170 Å². The van der Waals surface area contributed by atoms with E-state index in [1.165, 1.54) is 0 Å². The smallest absolute Gasteiger partial charge is 0.410 e. The van der Waals surface area contributed by atoms with Crippen molar-refractivity contribution >= 4 is 38.6 Å². The maximum absolute atomic E-state index is 12.3. The molecule has 1 amide bonds. The van der Waals surface area contributed by atoms with Crippen molar-refractivity contribution in [3.05, 3.63) is 44.8 Å². The molecule has 0 radical (unpaired) electrons. The molecule has 1 aliphatic rings. The average molecular weight is 447 g/mol. The van der Waals surface area contributed by atoms with E-state index in [4.69, 9.17) is 9.84 Å². The number of nitrogens with one attached hydrogen (secondary N) is 1. The predicted molar refractivity (Wildman–Crippen MR) is 111 cm³/mol. The fraction of sp³-hybridized carbons (Fsp3) is 0.450. The van der Waals surface area contributed by atoms with Crippen LogP contribution in [-0.2, 0) is 4.74 Å². The largest absolute Gasteiger partial charge is 0.444 e. The van der Waals surface area contributed by atoms with Crippen molar-refractivity contribution in [2.45, 2.75) is 45.1 Å². The summed E-state index contributed by atoms with van der Waals surface area (Å²) in [7, 11) is 0. The highest BCUT2D eigenvalue weighted by molar-refractivity contribution is 9.10. The summed E-state index contributed by atoms with van der Waals surface area (Å²) in [5, 5.41) is 5.62. The molecule has 2 aromatic heterocycles. The number of piperidine rings is 1. The Bertz CT molecular complexity index is 1100. The quantitative estimate of drug-likeness (QED) is 0.611. The van der Waals surface area contributed by atoms with Gasteiger partial charge < -0.3 is 14.6 Å². The number of rotatable bonds is 1. The molecule has 0 aliphatic carbocycles. The molecule has 148 valence electrons. The predicted octanol–water partition coefficient (Wildman–Crippen LogP) is 4.05. The van der Waals surface area contributed by atoms with Crippen molar-refractivity contribution in [2.75, 3.05) is 13.1 Å². The van der Waals surface area contributed by atoms with E-state index in [2.05, 4.69) is 20.9 Å². The van der Waals surface area contributed by atoms with E-state index in [1.807, 2.05) is 43.5 Å². The van der Waals surface area contributed by atoms with E-state index in [-0.39, 0.29) is 17.6 Å². The summed E-state index contributed by atoms with van der Waals surface area (Å²) in [4.78, 5) is 29.2. The first-order chi connectivity index (χ1) is 13.2. The summed E-state index contributed by atoms with van der Waals surface area (Å²) in [6.07, 6.45) is 1.24. The van der Waals surface area contributed by atoms with Crippen LogP contribution in [0.15, 0.2) is 33.5 Å². The number of nitrogens with zero attached hydrogens (tertiary/aromatic N) is 3. The van der Waals surface area contributed by atoms with Gasteiger partial charge in [0.05, 0.1) is 11.2 Å². The van der Waals surface area contributed by atoms with Crippen LogP contribution in [0.2, 0.25) is 0 Å². The van der Waals surface area contributed by atoms with E-state index in [9.17, 15) is 9.59 Å². The molecule has 8 heteroatoms. The number of aromatic amines is 1.